The summed E-state index contributed by atoms with van der Waals surface area (Å²) in [6, 6.07) is 17.9. The van der Waals surface area contributed by atoms with Crippen molar-refractivity contribution in [1.29, 1.82) is 0 Å². The van der Waals surface area contributed by atoms with Gasteiger partial charge < -0.3 is 0 Å². The van der Waals surface area contributed by atoms with E-state index in [4.69, 9.17) is 0 Å². The van der Waals surface area contributed by atoms with Gasteiger partial charge in [-0.05, 0) is 53.9 Å². The molecule has 3 rings (SSSR count). The predicted molar refractivity (Wildman–Crippen MR) is 82.3 cm³/mol. The lowest BCUT2D eigenvalue weighted by Crippen LogP contribution is -2.03. The molecule has 0 amide bonds. The topological polar surface area (TPSA) is 0 Å². The van der Waals surface area contributed by atoms with Crippen LogP contribution in [-0.4, -0.2) is 0 Å². The number of hydrogen-bond donors (Lipinski definition) is 0. The van der Waals surface area contributed by atoms with Crippen LogP contribution in [0.15, 0.2) is 48.5 Å². The van der Waals surface area contributed by atoms with E-state index in [1.165, 1.54) is 54.4 Å². The summed E-state index contributed by atoms with van der Waals surface area (Å²) in [5.41, 5.74) is 5.96. The molecule has 0 nitrogen and oxygen atoms in total. The molecule has 98 valence electrons. The molecule has 0 N–H and O–H groups in total. The van der Waals surface area contributed by atoms with E-state index in [0.717, 1.165) is 5.92 Å². The maximum absolute atomic E-state index is 2.33. The standard InChI is InChI=1S/C19H22/c1-2-15-8-7-11-16-9-3-5-12-18(16)19-13-6-4-10-17(19)14-15/h3-6,9-10,12-13,15H,2,7-8,11,14H2,1H3. The Bertz CT molecular complexity index is 553. The fourth-order valence-electron chi connectivity index (χ4n) is 3.30. The van der Waals surface area contributed by atoms with Crippen LogP contribution in [-0.2, 0) is 12.8 Å². The van der Waals surface area contributed by atoms with Crippen LogP contribution < -0.4 is 0 Å². The van der Waals surface area contributed by atoms with Crippen molar-refractivity contribution >= 4 is 0 Å². The maximum atomic E-state index is 2.33. The minimum atomic E-state index is 0.843. The van der Waals surface area contributed by atoms with Gasteiger partial charge in [0.1, 0.15) is 0 Å². The molecule has 0 spiro atoms. The van der Waals surface area contributed by atoms with Crippen molar-refractivity contribution in [3.8, 4) is 11.1 Å². The van der Waals surface area contributed by atoms with Gasteiger partial charge in [-0.25, -0.2) is 0 Å². The van der Waals surface area contributed by atoms with Crippen molar-refractivity contribution in [1.82, 2.24) is 0 Å². The zero-order valence-corrected chi connectivity index (χ0v) is 11.7. The molecule has 1 aliphatic rings. The zero-order valence-electron chi connectivity index (χ0n) is 11.7. The van der Waals surface area contributed by atoms with Crippen molar-refractivity contribution in [3.05, 3.63) is 59.7 Å². The Morgan fingerprint density at radius 2 is 1.53 bits per heavy atom. The second-order valence-electron chi connectivity index (χ2n) is 5.68. The van der Waals surface area contributed by atoms with Gasteiger partial charge >= 0.3 is 0 Å². The summed E-state index contributed by atoms with van der Waals surface area (Å²) < 4.78 is 0. The van der Waals surface area contributed by atoms with Gasteiger partial charge in [-0.1, -0.05) is 61.9 Å². The smallest absolute Gasteiger partial charge is 0.0149 e. The molecule has 19 heavy (non-hydrogen) atoms. The lowest BCUT2D eigenvalue weighted by atomic mass is 9.90. The van der Waals surface area contributed by atoms with E-state index in [-0.39, 0.29) is 0 Å². The van der Waals surface area contributed by atoms with Gasteiger partial charge in [-0.2, -0.15) is 0 Å². The molecule has 0 radical (unpaired) electrons. The molecule has 1 atom stereocenters. The van der Waals surface area contributed by atoms with E-state index in [2.05, 4.69) is 55.5 Å². The molecule has 2 aromatic carbocycles. The van der Waals surface area contributed by atoms with Crippen molar-refractivity contribution < 1.29 is 0 Å². The third-order valence-electron chi connectivity index (χ3n) is 4.47. The highest BCUT2D eigenvalue weighted by Gasteiger charge is 2.15. The summed E-state index contributed by atoms with van der Waals surface area (Å²) in [7, 11) is 0. The van der Waals surface area contributed by atoms with E-state index < -0.39 is 0 Å². The largest absolute Gasteiger partial charge is 0.0651 e. The van der Waals surface area contributed by atoms with Crippen molar-refractivity contribution in [3.63, 3.8) is 0 Å². The Labute approximate surface area is 116 Å². The van der Waals surface area contributed by atoms with Crippen LogP contribution in [0.5, 0.6) is 0 Å². The van der Waals surface area contributed by atoms with Gasteiger partial charge in [0.05, 0.1) is 0 Å². The van der Waals surface area contributed by atoms with Crippen LogP contribution in [0.25, 0.3) is 11.1 Å². The Morgan fingerprint density at radius 1 is 0.895 bits per heavy atom. The van der Waals surface area contributed by atoms with Gasteiger partial charge in [0.25, 0.3) is 0 Å². The van der Waals surface area contributed by atoms with Crippen LogP contribution in [0.1, 0.15) is 37.3 Å². The van der Waals surface area contributed by atoms with E-state index in [9.17, 15) is 0 Å². The van der Waals surface area contributed by atoms with Gasteiger partial charge in [0, 0.05) is 0 Å². The van der Waals surface area contributed by atoms with Gasteiger partial charge in [-0.15, -0.1) is 0 Å². The van der Waals surface area contributed by atoms with Gasteiger partial charge in [-0.3, -0.25) is 0 Å². The number of rotatable bonds is 1. The third kappa shape index (κ3) is 2.58. The molecule has 1 unspecified atom stereocenters. The number of benzene rings is 2. The molecular formula is C19H22. The van der Waals surface area contributed by atoms with Crippen molar-refractivity contribution in [2.45, 2.75) is 39.0 Å². The Balaban J connectivity index is 2.12. The third-order valence-corrected chi connectivity index (χ3v) is 4.47. The second kappa shape index (κ2) is 5.61. The first-order valence-corrected chi connectivity index (χ1v) is 7.54. The van der Waals surface area contributed by atoms with Gasteiger partial charge in [0.15, 0.2) is 0 Å². The minimum Gasteiger partial charge on any atom is -0.0651 e. The first-order chi connectivity index (χ1) is 9.38. The van der Waals surface area contributed by atoms with Crippen LogP contribution in [0.2, 0.25) is 0 Å². The normalized spacial score (nSPS) is 18.7. The molecule has 0 fully saturated rings. The quantitative estimate of drug-likeness (QED) is 0.647. The van der Waals surface area contributed by atoms with E-state index >= 15 is 0 Å². The fraction of sp³-hybridized carbons (Fsp3) is 0.368. The summed E-state index contributed by atoms with van der Waals surface area (Å²) in [6.07, 6.45) is 6.44. The Morgan fingerprint density at radius 3 is 2.26 bits per heavy atom. The highest BCUT2D eigenvalue weighted by atomic mass is 14.2. The molecule has 1 aliphatic carbocycles. The number of hydrogen-bond acceptors (Lipinski definition) is 0. The molecule has 0 saturated carbocycles. The Kier molecular flexibility index (Phi) is 3.68. The van der Waals surface area contributed by atoms with E-state index in [0.29, 0.717) is 0 Å². The summed E-state index contributed by atoms with van der Waals surface area (Å²) >= 11 is 0. The molecule has 0 aliphatic heterocycles. The van der Waals surface area contributed by atoms with Crippen molar-refractivity contribution in [2.24, 2.45) is 5.92 Å². The summed E-state index contributed by atoms with van der Waals surface area (Å²) in [4.78, 5) is 0. The molecule has 0 heterocycles. The molecule has 0 heteroatoms. The highest BCUT2D eigenvalue weighted by Crippen LogP contribution is 2.33. The summed E-state index contributed by atoms with van der Waals surface area (Å²) in [5, 5.41) is 0. The minimum absolute atomic E-state index is 0.843. The molecule has 2 aromatic rings. The lowest BCUT2D eigenvalue weighted by molar-refractivity contribution is 0.454. The number of aryl methyl sites for hydroxylation is 1. The molecule has 0 saturated heterocycles. The average molecular weight is 250 g/mol. The van der Waals surface area contributed by atoms with Gasteiger partial charge in [0.2, 0.25) is 0 Å². The summed E-state index contributed by atoms with van der Waals surface area (Å²) in [6.45, 7) is 2.33. The number of fused-ring (bicyclic) bond motifs is 3. The molecular weight excluding hydrogens is 228 g/mol. The first-order valence-electron chi connectivity index (χ1n) is 7.54. The van der Waals surface area contributed by atoms with E-state index in [1.54, 1.807) is 0 Å². The fourth-order valence-corrected chi connectivity index (χ4v) is 3.30. The molecule has 0 aromatic heterocycles. The van der Waals surface area contributed by atoms with Crippen molar-refractivity contribution in [2.75, 3.05) is 0 Å². The highest BCUT2D eigenvalue weighted by molar-refractivity contribution is 5.71. The first kappa shape index (κ1) is 12.5. The van der Waals surface area contributed by atoms with Crippen LogP contribution in [0.3, 0.4) is 0 Å². The SMILES string of the molecule is CCC1CCCc2ccccc2-c2ccccc2C1. The second-order valence-corrected chi connectivity index (χ2v) is 5.68. The van der Waals surface area contributed by atoms with Crippen LogP contribution >= 0.6 is 0 Å². The monoisotopic (exact) mass is 250 g/mol. The zero-order chi connectivity index (χ0) is 13.1. The molecule has 0 bridgehead atoms. The lowest BCUT2D eigenvalue weighted by Gasteiger charge is -2.15. The van der Waals surface area contributed by atoms with E-state index in [1.807, 2.05) is 0 Å². The maximum Gasteiger partial charge on any atom is -0.0149 e. The summed E-state index contributed by atoms with van der Waals surface area (Å²) in [5.74, 6) is 0.843. The van der Waals surface area contributed by atoms with Crippen LogP contribution in [0, 0.1) is 5.92 Å². The Hall–Kier alpha value is -1.56. The average Bonchev–Trinajstić information content (AvgIpc) is 2.54. The van der Waals surface area contributed by atoms with Crippen LogP contribution in [0.4, 0.5) is 0 Å². The predicted octanol–water partition coefficient (Wildman–Crippen LogP) is 5.26.